The zero-order valence-corrected chi connectivity index (χ0v) is 13.2. The Hall–Kier alpha value is -3.22. The minimum atomic E-state index is -0.677. The van der Waals surface area contributed by atoms with Gasteiger partial charge in [0.1, 0.15) is 11.3 Å². The average Bonchev–Trinajstić information content (AvgIpc) is 3.03. The number of benzene rings is 1. The third kappa shape index (κ3) is 3.57. The first kappa shape index (κ1) is 15.7. The predicted octanol–water partition coefficient (Wildman–Crippen LogP) is 3.48. The molecule has 0 N–H and O–H groups in total. The Morgan fingerprint density at radius 1 is 1.12 bits per heavy atom. The van der Waals surface area contributed by atoms with Gasteiger partial charge in [-0.2, -0.15) is 0 Å². The number of esters is 1. The maximum atomic E-state index is 12.4. The van der Waals surface area contributed by atoms with Gasteiger partial charge in [0.05, 0.1) is 0 Å². The fourth-order valence-electron chi connectivity index (χ4n) is 1.98. The van der Waals surface area contributed by atoms with Crippen molar-refractivity contribution in [2.24, 2.45) is 0 Å². The molecule has 0 spiro atoms. The summed E-state index contributed by atoms with van der Waals surface area (Å²) in [4.78, 5) is 16.5. The van der Waals surface area contributed by atoms with Crippen LogP contribution < -0.4 is 4.74 Å². The summed E-state index contributed by atoms with van der Waals surface area (Å²) in [7, 11) is 0. The van der Waals surface area contributed by atoms with Gasteiger partial charge in [-0.3, -0.25) is 0 Å². The molecule has 0 radical (unpaired) electrons. The first-order valence-corrected chi connectivity index (χ1v) is 7.32. The van der Waals surface area contributed by atoms with Gasteiger partial charge < -0.3 is 13.9 Å². The van der Waals surface area contributed by atoms with Crippen LogP contribution in [0, 0.1) is 6.92 Å². The second-order valence-electron chi connectivity index (χ2n) is 4.98. The molecule has 0 aliphatic rings. The van der Waals surface area contributed by atoms with Crippen LogP contribution in [-0.4, -0.2) is 21.2 Å². The first-order chi connectivity index (χ1) is 11.6. The Bertz CT molecular complexity index is 833. The van der Waals surface area contributed by atoms with Crippen LogP contribution in [0.1, 0.15) is 35.2 Å². The molecule has 1 atom stereocenters. The summed E-state index contributed by atoms with van der Waals surface area (Å²) in [6, 6.07) is 12.3. The van der Waals surface area contributed by atoms with E-state index in [9.17, 15) is 4.79 Å². The van der Waals surface area contributed by atoms with Gasteiger partial charge in [-0.05, 0) is 31.2 Å². The maximum absolute atomic E-state index is 12.4. The quantitative estimate of drug-likeness (QED) is 0.663. The molecule has 0 saturated heterocycles. The molecule has 122 valence electrons. The molecule has 0 aliphatic carbocycles. The highest BCUT2D eigenvalue weighted by molar-refractivity contribution is 5.92. The Balaban J connectivity index is 1.77. The molecule has 0 unspecified atom stereocenters. The molecule has 7 nitrogen and oxygen atoms in total. The van der Waals surface area contributed by atoms with Crippen LogP contribution >= 0.6 is 0 Å². The van der Waals surface area contributed by atoms with E-state index >= 15 is 0 Å². The lowest BCUT2D eigenvalue weighted by Crippen LogP contribution is -2.11. The molecule has 3 rings (SSSR count). The monoisotopic (exact) mass is 325 g/mol. The highest BCUT2D eigenvalue weighted by Gasteiger charge is 2.22. The molecule has 0 amide bonds. The molecule has 0 aliphatic heterocycles. The van der Waals surface area contributed by atoms with Crippen molar-refractivity contribution in [2.75, 3.05) is 0 Å². The topological polar surface area (TPSA) is 87.3 Å². The number of hydrogen-bond acceptors (Lipinski definition) is 7. The van der Waals surface area contributed by atoms with E-state index in [1.807, 2.05) is 18.2 Å². The van der Waals surface area contributed by atoms with Gasteiger partial charge in [-0.1, -0.05) is 18.2 Å². The zero-order chi connectivity index (χ0) is 16.9. The Morgan fingerprint density at radius 2 is 1.92 bits per heavy atom. The number of pyridine rings is 1. The first-order valence-electron chi connectivity index (χ1n) is 7.32. The summed E-state index contributed by atoms with van der Waals surface area (Å²) in [5, 5.41) is 7.56. The summed E-state index contributed by atoms with van der Waals surface area (Å²) in [5.74, 6) is 0.795. The summed E-state index contributed by atoms with van der Waals surface area (Å²) in [6.07, 6.45) is 0.864. The molecule has 0 fully saturated rings. The molecule has 0 bridgehead atoms. The molecule has 3 aromatic rings. The average molecular weight is 325 g/mol. The molecule has 2 heterocycles. The van der Waals surface area contributed by atoms with Crippen molar-refractivity contribution in [2.45, 2.75) is 20.0 Å². The van der Waals surface area contributed by atoms with Crippen LogP contribution in [0.3, 0.4) is 0 Å². The van der Waals surface area contributed by atoms with E-state index < -0.39 is 12.1 Å². The van der Waals surface area contributed by atoms with Crippen LogP contribution in [-0.2, 0) is 4.74 Å². The third-order valence-electron chi connectivity index (χ3n) is 3.12. The van der Waals surface area contributed by atoms with E-state index in [2.05, 4.69) is 15.2 Å². The van der Waals surface area contributed by atoms with Crippen molar-refractivity contribution in [3.63, 3.8) is 0 Å². The summed E-state index contributed by atoms with van der Waals surface area (Å²) in [6.45, 7) is 3.32. The lowest BCUT2D eigenvalue weighted by atomic mass is 10.2. The zero-order valence-electron chi connectivity index (χ0n) is 13.2. The largest absolute Gasteiger partial charge is 0.449 e. The van der Waals surface area contributed by atoms with E-state index in [-0.39, 0.29) is 17.3 Å². The van der Waals surface area contributed by atoms with Gasteiger partial charge in [-0.25, -0.2) is 9.78 Å². The summed E-state index contributed by atoms with van der Waals surface area (Å²) in [5.41, 5.74) is 0.212. The van der Waals surface area contributed by atoms with E-state index in [1.54, 1.807) is 44.3 Å². The highest BCUT2D eigenvalue weighted by atomic mass is 16.6. The van der Waals surface area contributed by atoms with Crippen molar-refractivity contribution in [1.29, 1.82) is 0 Å². The number of para-hydroxylation sites is 1. The molecule has 1 aromatic carbocycles. The Labute approximate surface area is 138 Å². The fourth-order valence-corrected chi connectivity index (χ4v) is 1.98. The van der Waals surface area contributed by atoms with Crippen LogP contribution in [0.2, 0.25) is 0 Å². The van der Waals surface area contributed by atoms with Gasteiger partial charge in [-0.15, -0.1) is 10.2 Å². The predicted molar refractivity (Wildman–Crippen MR) is 83.6 cm³/mol. The van der Waals surface area contributed by atoms with Crippen molar-refractivity contribution in [3.8, 4) is 11.6 Å². The van der Waals surface area contributed by atoms with E-state index in [4.69, 9.17) is 13.9 Å². The minimum Gasteiger partial charge on any atom is -0.449 e. The number of rotatable bonds is 5. The number of carbonyl (C=O) groups excluding carboxylic acids is 1. The molecular weight excluding hydrogens is 310 g/mol. The fraction of sp³-hybridized carbons (Fsp3) is 0.176. The smallest absolute Gasteiger partial charge is 0.344 e. The van der Waals surface area contributed by atoms with Gasteiger partial charge in [0.15, 0.2) is 6.10 Å². The normalized spacial score (nSPS) is 11.8. The highest BCUT2D eigenvalue weighted by Crippen LogP contribution is 2.25. The van der Waals surface area contributed by atoms with Crippen LogP contribution in [0.25, 0.3) is 0 Å². The van der Waals surface area contributed by atoms with Gasteiger partial charge in [0.25, 0.3) is 5.89 Å². The summed E-state index contributed by atoms with van der Waals surface area (Å²) < 4.78 is 16.3. The van der Waals surface area contributed by atoms with Crippen LogP contribution in [0.15, 0.2) is 53.1 Å². The van der Waals surface area contributed by atoms with Gasteiger partial charge in [0, 0.05) is 13.1 Å². The SMILES string of the molecule is Cc1nnc([C@@H](C)OC(=O)c2cccnc2Oc2ccccc2)o1. The number of aryl methyl sites for hydroxylation is 1. The van der Waals surface area contributed by atoms with E-state index in [0.717, 1.165) is 0 Å². The number of carbonyl (C=O) groups is 1. The van der Waals surface area contributed by atoms with Crippen molar-refractivity contribution in [3.05, 3.63) is 66.0 Å². The van der Waals surface area contributed by atoms with Crippen LogP contribution in [0.5, 0.6) is 11.6 Å². The van der Waals surface area contributed by atoms with Crippen molar-refractivity contribution < 1.29 is 18.7 Å². The Morgan fingerprint density at radius 3 is 2.62 bits per heavy atom. The second kappa shape index (κ2) is 6.91. The van der Waals surface area contributed by atoms with Gasteiger partial charge >= 0.3 is 5.97 Å². The molecule has 24 heavy (non-hydrogen) atoms. The maximum Gasteiger partial charge on any atom is 0.344 e. The Kier molecular flexibility index (Phi) is 4.51. The number of ether oxygens (including phenoxy) is 2. The molecule has 2 aromatic heterocycles. The van der Waals surface area contributed by atoms with Crippen molar-refractivity contribution in [1.82, 2.24) is 15.2 Å². The number of hydrogen-bond donors (Lipinski definition) is 0. The number of aromatic nitrogens is 3. The van der Waals surface area contributed by atoms with Gasteiger partial charge in [0.2, 0.25) is 11.8 Å². The number of nitrogens with zero attached hydrogens (tertiary/aromatic N) is 3. The standard InChI is InChI=1S/C17H15N3O4/c1-11(15-20-19-12(2)23-15)22-17(21)14-9-6-10-18-16(14)24-13-7-4-3-5-8-13/h3-11H,1-2H3/t11-/m1/s1. The molecular formula is C17H15N3O4. The molecule has 7 heteroatoms. The lowest BCUT2D eigenvalue weighted by Gasteiger charge is -2.12. The van der Waals surface area contributed by atoms with Crippen LogP contribution in [0.4, 0.5) is 0 Å². The molecule has 0 saturated carbocycles. The third-order valence-corrected chi connectivity index (χ3v) is 3.12. The van der Waals surface area contributed by atoms with Crippen molar-refractivity contribution >= 4 is 5.97 Å². The minimum absolute atomic E-state index is 0.169. The van der Waals surface area contributed by atoms with E-state index in [1.165, 1.54) is 0 Å². The van der Waals surface area contributed by atoms with E-state index in [0.29, 0.717) is 11.6 Å². The summed E-state index contributed by atoms with van der Waals surface area (Å²) >= 11 is 0. The lowest BCUT2D eigenvalue weighted by molar-refractivity contribution is 0.0273. The second-order valence-corrected chi connectivity index (χ2v) is 4.98.